The van der Waals surface area contributed by atoms with E-state index in [1.807, 2.05) is 24.3 Å². The summed E-state index contributed by atoms with van der Waals surface area (Å²) in [5, 5.41) is 12.6. The van der Waals surface area contributed by atoms with E-state index in [9.17, 15) is 0 Å². The van der Waals surface area contributed by atoms with Crippen molar-refractivity contribution < 1.29 is 5.11 Å². The van der Waals surface area contributed by atoms with Crippen molar-refractivity contribution in [3.63, 3.8) is 0 Å². The molecule has 0 saturated heterocycles. The smallest absolute Gasteiger partial charge is 0.0443 e. The van der Waals surface area contributed by atoms with Crippen LogP contribution < -0.4 is 5.32 Å². The van der Waals surface area contributed by atoms with Crippen molar-refractivity contribution in [2.24, 2.45) is 0 Å². The molecular formula is C13H18ClNO. The molecule has 3 heteroatoms. The first kappa shape index (κ1) is 13.2. The summed E-state index contributed by atoms with van der Waals surface area (Å²) < 4.78 is 0. The highest BCUT2D eigenvalue weighted by molar-refractivity contribution is 6.30. The van der Waals surface area contributed by atoms with Crippen LogP contribution in [-0.4, -0.2) is 24.8 Å². The van der Waals surface area contributed by atoms with Gasteiger partial charge in [0.2, 0.25) is 0 Å². The van der Waals surface area contributed by atoms with E-state index in [1.54, 1.807) is 0 Å². The molecule has 0 amide bonds. The second-order valence-electron chi connectivity index (χ2n) is 3.80. The zero-order valence-corrected chi connectivity index (χ0v) is 10.3. The van der Waals surface area contributed by atoms with Crippen molar-refractivity contribution >= 4 is 17.7 Å². The molecule has 0 unspecified atom stereocenters. The van der Waals surface area contributed by atoms with Gasteiger partial charge >= 0.3 is 0 Å². The van der Waals surface area contributed by atoms with Crippen LogP contribution >= 0.6 is 11.6 Å². The molecule has 0 aliphatic rings. The molecule has 16 heavy (non-hydrogen) atoms. The minimum atomic E-state index is 0.243. The Hall–Kier alpha value is -0.830. The molecule has 0 atom stereocenters. The Morgan fingerprint density at radius 3 is 2.69 bits per heavy atom. The summed E-state index contributed by atoms with van der Waals surface area (Å²) in [6.45, 7) is 4.03. The van der Waals surface area contributed by atoms with Gasteiger partial charge in [-0.1, -0.05) is 35.4 Å². The highest BCUT2D eigenvalue weighted by Gasteiger charge is 1.92. The van der Waals surface area contributed by atoms with Crippen LogP contribution in [0.5, 0.6) is 0 Å². The summed E-state index contributed by atoms with van der Waals surface area (Å²) in [5.41, 5.74) is 2.42. The third-order valence-corrected chi connectivity index (χ3v) is 2.45. The van der Waals surface area contributed by atoms with E-state index >= 15 is 0 Å². The standard InChI is InChI=1S/C13H18ClNO/c1-11(10-15-7-2-8-16)9-12-3-5-13(14)6-4-12/h3-6,9,15-16H,2,7-8,10H2,1H3/b11-9-. The molecule has 1 rings (SSSR count). The second-order valence-corrected chi connectivity index (χ2v) is 4.23. The van der Waals surface area contributed by atoms with Crippen molar-refractivity contribution in [3.05, 3.63) is 40.4 Å². The number of hydrogen-bond donors (Lipinski definition) is 2. The first-order chi connectivity index (χ1) is 7.72. The van der Waals surface area contributed by atoms with Gasteiger partial charge in [0.1, 0.15) is 0 Å². The Bertz CT molecular complexity index is 332. The molecule has 0 saturated carbocycles. The first-order valence-corrected chi connectivity index (χ1v) is 5.84. The minimum Gasteiger partial charge on any atom is -0.396 e. The summed E-state index contributed by atoms with van der Waals surface area (Å²) in [5.74, 6) is 0. The highest BCUT2D eigenvalue weighted by Crippen LogP contribution is 2.12. The van der Waals surface area contributed by atoms with Crippen LogP contribution in [0.3, 0.4) is 0 Å². The summed E-state index contributed by atoms with van der Waals surface area (Å²) in [7, 11) is 0. The van der Waals surface area contributed by atoms with Crippen molar-refractivity contribution in [1.82, 2.24) is 5.32 Å². The van der Waals surface area contributed by atoms with Gasteiger partial charge in [-0.05, 0) is 37.6 Å². The maximum Gasteiger partial charge on any atom is 0.0443 e. The van der Waals surface area contributed by atoms with E-state index in [1.165, 1.54) is 5.57 Å². The predicted molar refractivity (Wildman–Crippen MR) is 69.7 cm³/mol. The van der Waals surface area contributed by atoms with Crippen molar-refractivity contribution in [2.75, 3.05) is 19.7 Å². The van der Waals surface area contributed by atoms with Crippen LogP contribution in [0, 0.1) is 0 Å². The lowest BCUT2D eigenvalue weighted by Crippen LogP contribution is -2.18. The number of benzene rings is 1. The Labute approximate surface area is 102 Å². The molecule has 0 fully saturated rings. The molecule has 0 radical (unpaired) electrons. The zero-order chi connectivity index (χ0) is 11.8. The van der Waals surface area contributed by atoms with E-state index in [0.29, 0.717) is 0 Å². The van der Waals surface area contributed by atoms with Crippen LogP contribution in [0.2, 0.25) is 5.02 Å². The molecular weight excluding hydrogens is 222 g/mol. The summed E-state index contributed by atoms with van der Waals surface area (Å²) in [6.07, 6.45) is 2.93. The van der Waals surface area contributed by atoms with Crippen LogP contribution in [0.15, 0.2) is 29.8 Å². The summed E-state index contributed by atoms with van der Waals surface area (Å²) in [4.78, 5) is 0. The monoisotopic (exact) mass is 239 g/mol. The molecule has 0 heterocycles. The third kappa shape index (κ3) is 5.31. The molecule has 2 nitrogen and oxygen atoms in total. The van der Waals surface area contributed by atoms with E-state index in [-0.39, 0.29) is 6.61 Å². The Morgan fingerprint density at radius 2 is 2.06 bits per heavy atom. The van der Waals surface area contributed by atoms with Crippen molar-refractivity contribution in [1.29, 1.82) is 0 Å². The molecule has 0 aliphatic heterocycles. The average molecular weight is 240 g/mol. The van der Waals surface area contributed by atoms with E-state index in [2.05, 4.69) is 18.3 Å². The minimum absolute atomic E-state index is 0.243. The molecule has 0 aromatic heterocycles. The second kappa shape index (κ2) is 7.44. The van der Waals surface area contributed by atoms with Crippen molar-refractivity contribution in [2.45, 2.75) is 13.3 Å². The van der Waals surface area contributed by atoms with Gasteiger partial charge in [0.15, 0.2) is 0 Å². The van der Waals surface area contributed by atoms with Gasteiger partial charge in [-0.2, -0.15) is 0 Å². The van der Waals surface area contributed by atoms with Crippen LogP contribution in [0.4, 0.5) is 0 Å². The number of nitrogens with one attached hydrogen (secondary N) is 1. The molecule has 2 N–H and O–H groups in total. The number of hydrogen-bond acceptors (Lipinski definition) is 2. The maximum absolute atomic E-state index is 8.63. The Balaban J connectivity index is 2.40. The van der Waals surface area contributed by atoms with Gasteiger partial charge in [-0.25, -0.2) is 0 Å². The lowest BCUT2D eigenvalue weighted by atomic mass is 10.1. The lowest BCUT2D eigenvalue weighted by molar-refractivity contribution is 0.287. The fourth-order valence-corrected chi connectivity index (χ4v) is 1.51. The molecule has 0 bridgehead atoms. The molecule has 0 aliphatic carbocycles. The van der Waals surface area contributed by atoms with Gasteiger partial charge in [0.25, 0.3) is 0 Å². The fraction of sp³-hybridized carbons (Fsp3) is 0.385. The topological polar surface area (TPSA) is 32.3 Å². The molecule has 1 aromatic rings. The lowest BCUT2D eigenvalue weighted by Gasteiger charge is -2.04. The largest absolute Gasteiger partial charge is 0.396 e. The van der Waals surface area contributed by atoms with E-state index in [0.717, 1.165) is 30.1 Å². The van der Waals surface area contributed by atoms with Crippen LogP contribution in [0.1, 0.15) is 18.9 Å². The van der Waals surface area contributed by atoms with Gasteiger partial charge in [-0.15, -0.1) is 0 Å². The van der Waals surface area contributed by atoms with Gasteiger partial charge in [0.05, 0.1) is 0 Å². The fourth-order valence-electron chi connectivity index (χ4n) is 1.38. The number of rotatable bonds is 6. The molecule has 1 aromatic carbocycles. The SMILES string of the molecule is C/C(=C/c1ccc(Cl)cc1)CNCCCO. The zero-order valence-electron chi connectivity index (χ0n) is 9.54. The number of aliphatic hydroxyl groups excluding tert-OH is 1. The number of aliphatic hydroxyl groups is 1. The number of halogens is 1. The van der Waals surface area contributed by atoms with Crippen LogP contribution in [0.25, 0.3) is 6.08 Å². The van der Waals surface area contributed by atoms with E-state index < -0.39 is 0 Å². The molecule has 0 spiro atoms. The van der Waals surface area contributed by atoms with Gasteiger partial charge in [-0.3, -0.25) is 0 Å². The highest BCUT2D eigenvalue weighted by atomic mass is 35.5. The van der Waals surface area contributed by atoms with Crippen LogP contribution in [-0.2, 0) is 0 Å². The normalized spacial score (nSPS) is 11.8. The summed E-state index contributed by atoms with van der Waals surface area (Å²) in [6, 6.07) is 7.78. The van der Waals surface area contributed by atoms with Gasteiger partial charge in [0, 0.05) is 18.2 Å². The Morgan fingerprint density at radius 1 is 1.38 bits per heavy atom. The quantitative estimate of drug-likeness (QED) is 0.749. The third-order valence-electron chi connectivity index (χ3n) is 2.20. The average Bonchev–Trinajstić information content (AvgIpc) is 2.28. The van der Waals surface area contributed by atoms with Gasteiger partial charge < -0.3 is 10.4 Å². The first-order valence-electron chi connectivity index (χ1n) is 5.46. The predicted octanol–water partition coefficient (Wildman–Crippen LogP) is 2.72. The molecule has 88 valence electrons. The Kier molecular flexibility index (Phi) is 6.16. The summed E-state index contributed by atoms with van der Waals surface area (Å²) >= 11 is 5.81. The van der Waals surface area contributed by atoms with Crippen molar-refractivity contribution in [3.8, 4) is 0 Å². The maximum atomic E-state index is 8.63. The van der Waals surface area contributed by atoms with E-state index in [4.69, 9.17) is 16.7 Å².